The third-order valence-corrected chi connectivity index (χ3v) is 6.30. The molecule has 0 spiro atoms. The number of hydrogen-bond donors (Lipinski definition) is 3. The molecule has 0 bridgehead atoms. The summed E-state index contributed by atoms with van der Waals surface area (Å²) in [5.41, 5.74) is 5.49. The van der Waals surface area contributed by atoms with E-state index in [0.717, 1.165) is 4.31 Å². The highest BCUT2D eigenvalue weighted by atomic mass is 35.5. The summed E-state index contributed by atoms with van der Waals surface area (Å²) in [7, 11) is -3.85. The van der Waals surface area contributed by atoms with Crippen molar-refractivity contribution in [2.45, 2.75) is 37.6 Å². The van der Waals surface area contributed by atoms with Gasteiger partial charge in [0, 0.05) is 30.7 Å². The number of piperazine rings is 1. The van der Waals surface area contributed by atoms with Crippen molar-refractivity contribution in [3.8, 4) is 0 Å². The summed E-state index contributed by atoms with van der Waals surface area (Å²) >= 11 is 0. The smallest absolute Gasteiger partial charge is 0.251 e. The van der Waals surface area contributed by atoms with Crippen molar-refractivity contribution in [2.75, 3.05) is 26.2 Å². The van der Waals surface area contributed by atoms with Crippen LogP contribution in [0.2, 0.25) is 0 Å². The highest BCUT2D eigenvalue weighted by molar-refractivity contribution is 7.89. The topological polar surface area (TPSA) is 122 Å². The average Bonchev–Trinajstić information content (AvgIpc) is 2.61. The third kappa shape index (κ3) is 5.91. The van der Waals surface area contributed by atoms with E-state index in [1.54, 1.807) is 6.07 Å². The van der Waals surface area contributed by atoms with E-state index in [2.05, 4.69) is 10.6 Å². The SMILES string of the molecule is CC(C)CC(C)(CN)NC(=O)c1cccc(S(=O)(=O)N2CCNC(=O)C2)c1.Cl. The van der Waals surface area contributed by atoms with Gasteiger partial charge in [-0.2, -0.15) is 4.31 Å². The van der Waals surface area contributed by atoms with Gasteiger partial charge in [0.25, 0.3) is 5.91 Å². The first-order valence-corrected chi connectivity index (χ1v) is 10.4. The minimum atomic E-state index is -3.85. The monoisotopic (exact) mass is 432 g/mol. The summed E-state index contributed by atoms with van der Waals surface area (Å²) in [5, 5.41) is 5.51. The van der Waals surface area contributed by atoms with Crippen LogP contribution in [0.3, 0.4) is 0 Å². The molecule has 0 saturated carbocycles. The number of hydrogen-bond acceptors (Lipinski definition) is 5. The first kappa shape index (κ1) is 24.4. The van der Waals surface area contributed by atoms with Crippen LogP contribution < -0.4 is 16.4 Å². The van der Waals surface area contributed by atoms with E-state index in [4.69, 9.17) is 5.73 Å². The number of nitrogens with one attached hydrogen (secondary N) is 2. The lowest BCUT2D eigenvalue weighted by atomic mass is 9.90. The maximum absolute atomic E-state index is 12.8. The molecule has 1 aliphatic heterocycles. The Morgan fingerprint density at radius 3 is 2.64 bits per heavy atom. The summed E-state index contributed by atoms with van der Waals surface area (Å²) in [4.78, 5) is 24.2. The van der Waals surface area contributed by atoms with Crippen LogP contribution >= 0.6 is 12.4 Å². The molecule has 158 valence electrons. The highest BCUT2D eigenvalue weighted by Gasteiger charge is 2.30. The number of nitrogens with two attached hydrogens (primary N) is 1. The van der Waals surface area contributed by atoms with E-state index in [1.807, 2.05) is 20.8 Å². The minimum Gasteiger partial charge on any atom is -0.354 e. The molecule has 4 N–H and O–H groups in total. The van der Waals surface area contributed by atoms with Gasteiger partial charge in [-0.05, 0) is 37.5 Å². The van der Waals surface area contributed by atoms with E-state index in [-0.39, 0.29) is 60.9 Å². The molecule has 0 radical (unpaired) electrons. The van der Waals surface area contributed by atoms with Gasteiger partial charge in [0.05, 0.1) is 11.4 Å². The first-order chi connectivity index (χ1) is 12.6. The molecule has 1 saturated heterocycles. The predicted molar refractivity (Wildman–Crippen MR) is 110 cm³/mol. The van der Waals surface area contributed by atoms with Crippen LogP contribution in [0.5, 0.6) is 0 Å². The summed E-state index contributed by atoms with van der Waals surface area (Å²) in [6.45, 7) is 6.48. The fraction of sp³-hybridized carbons (Fsp3) is 0.556. The number of carbonyl (C=O) groups excluding carboxylic acids is 2. The number of nitrogens with zero attached hydrogens (tertiary/aromatic N) is 1. The van der Waals surface area contributed by atoms with Gasteiger partial charge < -0.3 is 16.4 Å². The van der Waals surface area contributed by atoms with E-state index in [0.29, 0.717) is 12.3 Å². The van der Waals surface area contributed by atoms with Gasteiger partial charge in [0.15, 0.2) is 0 Å². The van der Waals surface area contributed by atoms with Crippen LogP contribution in [0.1, 0.15) is 37.6 Å². The molecule has 1 unspecified atom stereocenters. The quantitative estimate of drug-likeness (QED) is 0.586. The molecule has 1 aromatic carbocycles. The lowest BCUT2D eigenvalue weighted by Gasteiger charge is -2.31. The second-order valence-electron chi connectivity index (χ2n) is 7.53. The summed E-state index contributed by atoms with van der Waals surface area (Å²) in [6.07, 6.45) is 0.704. The van der Waals surface area contributed by atoms with E-state index < -0.39 is 15.6 Å². The molecule has 0 aliphatic carbocycles. The number of benzene rings is 1. The van der Waals surface area contributed by atoms with Gasteiger partial charge in [0.2, 0.25) is 15.9 Å². The number of carbonyl (C=O) groups is 2. The molecule has 28 heavy (non-hydrogen) atoms. The number of halogens is 1. The molecule has 1 aliphatic rings. The van der Waals surface area contributed by atoms with Crippen molar-refractivity contribution in [2.24, 2.45) is 11.7 Å². The fourth-order valence-electron chi connectivity index (χ4n) is 3.20. The summed E-state index contributed by atoms with van der Waals surface area (Å²) in [6, 6.07) is 5.84. The molecule has 1 heterocycles. The van der Waals surface area contributed by atoms with Gasteiger partial charge in [-0.1, -0.05) is 19.9 Å². The average molecular weight is 433 g/mol. The normalized spacial score (nSPS) is 17.4. The van der Waals surface area contributed by atoms with Gasteiger partial charge >= 0.3 is 0 Å². The fourth-order valence-corrected chi connectivity index (χ4v) is 4.64. The van der Waals surface area contributed by atoms with Crippen LogP contribution in [-0.4, -0.2) is 56.3 Å². The molecule has 1 fully saturated rings. The van der Waals surface area contributed by atoms with Crippen LogP contribution in [0.25, 0.3) is 0 Å². The van der Waals surface area contributed by atoms with Crippen molar-refractivity contribution < 1.29 is 18.0 Å². The molecular formula is C18H29ClN4O4S. The van der Waals surface area contributed by atoms with Crippen molar-refractivity contribution in [3.05, 3.63) is 29.8 Å². The molecule has 1 atom stereocenters. The second kappa shape index (κ2) is 9.69. The van der Waals surface area contributed by atoms with Crippen molar-refractivity contribution in [1.29, 1.82) is 0 Å². The van der Waals surface area contributed by atoms with Crippen LogP contribution in [0.4, 0.5) is 0 Å². The maximum atomic E-state index is 12.8. The highest BCUT2D eigenvalue weighted by Crippen LogP contribution is 2.20. The Labute approximate surface area is 172 Å². The Morgan fingerprint density at radius 1 is 1.39 bits per heavy atom. The van der Waals surface area contributed by atoms with Gasteiger partial charge in [-0.15, -0.1) is 12.4 Å². The zero-order chi connectivity index (χ0) is 20.2. The molecular weight excluding hydrogens is 404 g/mol. The van der Waals surface area contributed by atoms with Crippen molar-refractivity contribution in [1.82, 2.24) is 14.9 Å². The van der Waals surface area contributed by atoms with Gasteiger partial charge in [-0.3, -0.25) is 9.59 Å². The zero-order valence-corrected chi connectivity index (χ0v) is 18.0. The van der Waals surface area contributed by atoms with Crippen LogP contribution in [0, 0.1) is 5.92 Å². The number of sulfonamides is 1. The largest absolute Gasteiger partial charge is 0.354 e. The molecule has 2 rings (SSSR count). The molecule has 10 heteroatoms. The first-order valence-electron chi connectivity index (χ1n) is 8.97. The predicted octanol–water partition coefficient (Wildman–Crippen LogP) is 0.722. The number of rotatable bonds is 7. The minimum absolute atomic E-state index is 0. The molecule has 0 aromatic heterocycles. The van der Waals surface area contributed by atoms with Gasteiger partial charge in [-0.25, -0.2) is 8.42 Å². The second-order valence-corrected chi connectivity index (χ2v) is 9.47. The maximum Gasteiger partial charge on any atom is 0.251 e. The Hall–Kier alpha value is -1.68. The van der Waals surface area contributed by atoms with Crippen molar-refractivity contribution >= 4 is 34.2 Å². The number of amides is 2. The summed E-state index contributed by atoms with van der Waals surface area (Å²) in [5.74, 6) is -0.376. The molecule has 2 amide bonds. The lowest BCUT2D eigenvalue weighted by Crippen LogP contribution is -2.52. The molecule has 8 nitrogen and oxygen atoms in total. The van der Waals surface area contributed by atoms with E-state index >= 15 is 0 Å². The Bertz CT molecular complexity index is 816. The Kier molecular flexibility index (Phi) is 8.43. The van der Waals surface area contributed by atoms with E-state index in [9.17, 15) is 18.0 Å². The standard InChI is InChI=1S/C18H28N4O4S.ClH/c1-13(2)10-18(3,12-19)21-17(24)14-5-4-6-15(9-14)27(25,26)22-8-7-20-16(23)11-22;/h4-6,9,13H,7-8,10-12,19H2,1-3H3,(H,20,23)(H,21,24);1H. The lowest BCUT2D eigenvalue weighted by molar-refractivity contribution is -0.122. The van der Waals surface area contributed by atoms with Gasteiger partial charge in [0.1, 0.15) is 0 Å². The van der Waals surface area contributed by atoms with E-state index in [1.165, 1.54) is 18.2 Å². The molecule has 1 aromatic rings. The van der Waals surface area contributed by atoms with Crippen LogP contribution in [0.15, 0.2) is 29.2 Å². The Balaban J connectivity index is 0.00000392. The third-order valence-electron chi connectivity index (χ3n) is 4.46. The van der Waals surface area contributed by atoms with Crippen molar-refractivity contribution in [3.63, 3.8) is 0 Å². The zero-order valence-electron chi connectivity index (χ0n) is 16.4. The Morgan fingerprint density at radius 2 is 2.07 bits per heavy atom. The van der Waals surface area contributed by atoms with Crippen LogP contribution in [-0.2, 0) is 14.8 Å². The summed E-state index contributed by atoms with van der Waals surface area (Å²) < 4.78 is 26.7.